The number of rotatable bonds is 5. The fourth-order valence-corrected chi connectivity index (χ4v) is 1.77. The van der Waals surface area contributed by atoms with E-state index < -0.39 is 0 Å². The third-order valence-corrected chi connectivity index (χ3v) is 2.89. The van der Waals surface area contributed by atoms with Gasteiger partial charge in [0.15, 0.2) is 0 Å². The molecule has 2 rings (SSSR count). The van der Waals surface area contributed by atoms with Gasteiger partial charge in [-0.2, -0.15) is 0 Å². The summed E-state index contributed by atoms with van der Waals surface area (Å²) in [5.41, 5.74) is 1.52. The van der Waals surface area contributed by atoms with Crippen LogP contribution in [0.3, 0.4) is 0 Å². The molecule has 3 nitrogen and oxygen atoms in total. The lowest BCUT2D eigenvalue weighted by atomic mass is 10.2. The Balaban J connectivity index is 1.99. The molecule has 0 unspecified atom stereocenters. The molecule has 0 radical (unpaired) electrons. The minimum Gasteiger partial charge on any atom is -0.423 e. The average molecular weight is 320 g/mol. The number of para-hydroxylation sites is 1. The van der Waals surface area contributed by atoms with Gasteiger partial charge < -0.3 is 10.1 Å². The summed E-state index contributed by atoms with van der Waals surface area (Å²) in [5.74, 6) is 0.201. The minimum absolute atomic E-state index is 0.349. The van der Waals surface area contributed by atoms with Gasteiger partial charge in [0.2, 0.25) is 0 Å². The summed E-state index contributed by atoms with van der Waals surface area (Å²) in [6, 6.07) is 16.3. The lowest BCUT2D eigenvalue weighted by molar-refractivity contribution is 0.0735. The second-order valence-electron chi connectivity index (χ2n) is 3.90. The van der Waals surface area contributed by atoms with Crippen LogP contribution < -0.4 is 10.1 Å². The van der Waals surface area contributed by atoms with Crippen molar-refractivity contribution in [1.82, 2.24) is 0 Å². The highest BCUT2D eigenvalue weighted by Crippen LogP contribution is 2.14. The number of halogens is 1. The van der Waals surface area contributed by atoms with Gasteiger partial charge in [0.05, 0.1) is 5.56 Å². The quantitative estimate of drug-likeness (QED) is 0.518. The predicted octanol–water partition coefficient (Wildman–Crippen LogP) is 3.71. The van der Waals surface area contributed by atoms with Crippen molar-refractivity contribution in [3.8, 4) is 5.75 Å². The third-order valence-electron chi connectivity index (χ3n) is 2.50. The van der Waals surface area contributed by atoms with Crippen LogP contribution in [-0.4, -0.2) is 17.8 Å². The lowest BCUT2D eigenvalue weighted by Gasteiger charge is -2.06. The number of benzene rings is 2. The monoisotopic (exact) mass is 319 g/mol. The van der Waals surface area contributed by atoms with Gasteiger partial charge in [-0.05, 0) is 36.4 Å². The molecule has 0 saturated heterocycles. The van der Waals surface area contributed by atoms with Gasteiger partial charge in [0, 0.05) is 17.6 Å². The molecule has 0 saturated carbocycles. The largest absolute Gasteiger partial charge is 0.423 e. The van der Waals surface area contributed by atoms with Gasteiger partial charge in [-0.25, -0.2) is 4.79 Å². The molecule has 0 fully saturated rings. The molecule has 0 amide bonds. The number of alkyl halides is 1. The molecule has 0 aliphatic rings. The van der Waals surface area contributed by atoms with E-state index in [-0.39, 0.29) is 5.97 Å². The van der Waals surface area contributed by atoms with Crippen LogP contribution in [0.2, 0.25) is 0 Å². The Kier molecular flexibility index (Phi) is 4.98. The Hall–Kier alpha value is -1.81. The Labute approximate surface area is 120 Å². The zero-order valence-electron chi connectivity index (χ0n) is 10.3. The number of anilines is 1. The number of carbonyl (C=O) groups excluding carboxylic acids is 1. The molecular formula is C15H14BrNO2. The maximum atomic E-state index is 11.9. The summed E-state index contributed by atoms with van der Waals surface area (Å²) in [4.78, 5) is 11.9. The molecule has 0 aromatic heterocycles. The van der Waals surface area contributed by atoms with Gasteiger partial charge in [0.25, 0.3) is 0 Å². The number of nitrogens with one attached hydrogen (secondary N) is 1. The van der Waals surface area contributed by atoms with Crippen molar-refractivity contribution in [1.29, 1.82) is 0 Å². The molecule has 4 heteroatoms. The Morgan fingerprint density at radius 3 is 2.37 bits per heavy atom. The second-order valence-corrected chi connectivity index (χ2v) is 4.69. The van der Waals surface area contributed by atoms with Gasteiger partial charge in [-0.1, -0.05) is 34.1 Å². The Morgan fingerprint density at radius 2 is 1.74 bits per heavy atom. The smallest absolute Gasteiger partial charge is 0.343 e. The van der Waals surface area contributed by atoms with E-state index in [9.17, 15) is 4.79 Å². The summed E-state index contributed by atoms with van der Waals surface area (Å²) in [7, 11) is 0. The van der Waals surface area contributed by atoms with Crippen molar-refractivity contribution in [2.75, 3.05) is 17.2 Å². The standard InChI is InChI=1S/C15H14BrNO2/c16-10-11-17-13-8-6-12(7-9-13)15(18)19-14-4-2-1-3-5-14/h1-9,17H,10-11H2. The predicted molar refractivity (Wildman–Crippen MR) is 80.1 cm³/mol. The van der Waals surface area contributed by atoms with Crippen molar-refractivity contribution in [2.24, 2.45) is 0 Å². The molecule has 2 aromatic rings. The summed E-state index contributed by atoms with van der Waals surface area (Å²) >= 11 is 3.34. The first-order chi connectivity index (χ1) is 9.29. The first-order valence-corrected chi connectivity index (χ1v) is 7.09. The normalized spacial score (nSPS) is 9.95. The number of ether oxygens (including phenoxy) is 1. The number of hydrogen-bond acceptors (Lipinski definition) is 3. The highest BCUT2D eigenvalue weighted by molar-refractivity contribution is 9.09. The Bertz CT molecular complexity index is 526. The molecule has 19 heavy (non-hydrogen) atoms. The van der Waals surface area contributed by atoms with Gasteiger partial charge >= 0.3 is 5.97 Å². The molecule has 0 spiro atoms. The molecule has 2 aromatic carbocycles. The van der Waals surface area contributed by atoms with Crippen molar-refractivity contribution in [2.45, 2.75) is 0 Å². The van der Waals surface area contributed by atoms with Crippen LogP contribution in [0.5, 0.6) is 5.75 Å². The van der Waals surface area contributed by atoms with Crippen LogP contribution in [0.4, 0.5) is 5.69 Å². The fraction of sp³-hybridized carbons (Fsp3) is 0.133. The van der Waals surface area contributed by atoms with E-state index in [0.29, 0.717) is 11.3 Å². The summed E-state index contributed by atoms with van der Waals surface area (Å²) in [5, 5.41) is 4.09. The fourth-order valence-electron chi connectivity index (χ4n) is 1.57. The highest BCUT2D eigenvalue weighted by Gasteiger charge is 2.07. The van der Waals surface area contributed by atoms with E-state index in [2.05, 4.69) is 21.2 Å². The van der Waals surface area contributed by atoms with E-state index in [1.165, 1.54) is 0 Å². The highest BCUT2D eigenvalue weighted by atomic mass is 79.9. The first-order valence-electron chi connectivity index (χ1n) is 5.97. The summed E-state index contributed by atoms with van der Waals surface area (Å²) in [6.07, 6.45) is 0. The van der Waals surface area contributed by atoms with Crippen LogP contribution in [0.15, 0.2) is 54.6 Å². The van der Waals surface area contributed by atoms with Crippen LogP contribution in [-0.2, 0) is 0 Å². The molecule has 98 valence electrons. The van der Waals surface area contributed by atoms with Crippen molar-refractivity contribution < 1.29 is 9.53 Å². The van der Waals surface area contributed by atoms with Crippen LogP contribution in [0, 0.1) is 0 Å². The summed E-state index contributed by atoms with van der Waals surface area (Å²) in [6.45, 7) is 0.841. The third kappa shape index (κ3) is 4.10. The van der Waals surface area contributed by atoms with E-state index in [4.69, 9.17) is 4.74 Å². The van der Waals surface area contributed by atoms with E-state index in [0.717, 1.165) is 17.6 Å². The molecule has 0 atom stereocenters. The second kappa shape index (κ2) is 6.95. The van der Waals surface area contributed by atoms with Crippen molar-refractivity contribution >= 4 is 27.6 Å². The average Bonchev–Trinajstić information content (AvgIpc) is 2.46. The molecule has 0 heterocycles. The first kappa shape index (κ1) is 13.6. The number of esters is 1. The Morgan fingerprint density at radius 1 is 1.05 bits per heavy atom. The van der Waals surface area contributed by atoms with E-state index >= 15 is 0 Å². The molecular weight excluding hydrogens is 306 g/mol. The maximum absolute atomic E-state index is 11.9. The summed E-state index contributed by atoms with van der Waals surface area (Å²) < 4.78 is 5.25. The van der Waals surface area contributed by atoms with Gasteiger partial charge in [-0.3, -0.25) is 0 Å². The van der Waals surface area contributed by atoms with Crippen LogP contribution in [0.1, 0.15) is 10.4 Å². The molecule has 0 aliphatic heterocycles. The minimum atomic E-state index is -0.349. The molecule has 0 bridgehead atoms. The van der Waals surface area contributed by atoms with Crippen molar-refractivity contribution in [3.05, 3.63) is 60.2 Å². The number of hydrogen-bond donors (Lipinski definition) is 1. The van der Waals surface area contributed by atoms with Crippen molar-refractivity contribution in [3.63, 3.8) is 0 Å². The van der Waals surface area contributed by atoms with E-state index in [1.807, 2.05) is 30.3 Å². The SMILES string of the molecule is O=C(Oc1ccccc1)c1ccc(NCCBr)cc1. The number of carbonyl (C=O) groups is 1. The van der Waals surface area contributed by atoms with E-state index in [1.54, 1.807) is 24.3 Å². The molecule has 0 aliphatic carbocycles. The maximum Gasteiger partial charge on any atom is 0.343 e. The van der Waals surface area contributed by atoms with Gasteiger partial charge in [-0.15, -0.1) is 0 Å². The van der Waals surface area contributed by atoms with Crippen LogP contribution >= 0.6 is 15.9 Å². The zero-order chi connectivity index (χ0) is 13.5. The zero-order valence-corrected chi connectivity index (χ0v) is 11.9. The van der Waals surface area contributed by atoms with Gasteiger partial charge in [0.1, 0.15) is 5.75 Å². The topological polar surface area (TPSA) is 38.3 Å². The van der Waals surface area contributed by atoms with Crippen LogP contribution in [0.25, 0.3) is 0 Å². The lowest BCUT2D eigenvalue weighted by Crippen LogP contribution is -2.08. The molecule has 1 N–H and O–H groups in total.